The molecule has 1 saturated heterocycles. The van der Waals surface area contributed by atoms with Gasteiger partial charge in [0, 0.05) is 35.5 Å². The monoisotopic (exact) mass is 521 g/mol. The van der Waals surface area contributed by atoms with Crippen molar-refractivity contribution in [3.05, 3.63) is 101 Å². The number of carbonyl (C=O) groups excluding carboxylic acids is 2. The maximum atomic E-state index is 13.1. The van der Waals surface area contributed by atoms with Gasteiger partial charge < -0.3 is 19.3 Å². The fraction of sp³-hybridized carbons (Fsp3) is 0.192. The zero-order chi connectivity index (χ0) is 24.1. The lowest BCUT2D eigenvalue weighted by Crippen LogP contribution is -2.31. The molecule has 2 aromatic carbocycles. The number of ether oxygens (including phenoxy) is 1. The van der Waals surface area contributed by atoms with Crippen molar-refractivity contribution in [1.82, 2.24) is 14.5 Å². The van der Waals surface area contributed by atoms with Crippen LogP contribution in [0.2, 0.25) is 0 Å². The summed E-state index contributed by atoms with van der Waals surface area (Å²) < 4.78 is 8.23. The topological polar surface area (TPSA) is 84.7 Å². The van der Waals surface area contributed by atoms with Gasteiger partial charge in [-0.25, -0.2) is 4.98 Å². The molecule has 1 fully saturated rings. The Morgan fingerprint density at radius 3 is 2.65 bits per heavy atom. The van der Waals surface area contributed by atoms with Crippen molar-refractivity contribution >= 4 is 33.4 Å². The highest BCUT2D eigenvalue weighted by Crippen LogP contribution is 2.40. The van der Waals surface area contributed by atoms with E-state index in [2.05, 4.69) is 27.5 Å². The number of amides is 1. The van der Waals surface area contributed by atoms with Crippen LogP contribution in [0.15, 0.2) is 90.0 Å². The summed E-state index contributed by atoms with van der Waals surface area (Å²) in [5.74, 6) is -0.921. The van der Waals surface area contributed by atoms with Crippen LogP contribution >= 0.6 is 15.9 Å². The summed E-state index contributed by atoms with van der Waals surface area (Å²) in [7, 11) is 0. The molecule has 7 nitrogen and oxygen atoms in total. The van der Waals surface area contributed by atoms with Crippen LogP contribution in [0.1, 0.15) is 23.6 Å². The molecule has 174 valence electrons. The number of aliphatic hydroxyl groups is 1. The lowest BCUT2D eigenvalue weighted by Gasteiger charge is -2.25. The molecule has 0 aliphatic carbocycles. The third-order valence-electron chi connectivity index (χ3n) is 5.57. The number of aryl methyl sites for hydroxylation is 1. The maximum Gasteiger partial charge on any atom is 0.295 e. The van der Waals surface area contributed by atoms with Crippen LogP contribution in [0, 0.1) is 0 Å². The zero-order valence-electron chi connectivity index (χ0n) is 18.4. The quantitative estimate of drug-likeness (QED) is 0.190. The molecule has 0 radical (unpaired) electrons. The molecule has 0 spiro atoms. The molecule has 4 rings (SSSR count). The number of benzene rings is 2. The molecule has 1 N–H and O–H groups in total. The Labute approximate surface area is 206 Å². The fourth-order valence-electron chi connectivity index (χ4n) is 4.00. The molecular formula is C26H24BrN3O4. The van der Waals surface area contributed by atoms with Crippen molar-refractivity contribution < 1.29 is 19.4 Å². The van der Waals surface area contributed by atoms with Crippen LogP contribution in [-0.4, -0.2) is 44.4 Å². The summed E-state index contributed by atoms with van der Waals surface area (Å²) in [5, 5.41) is 11.2. The molecule has 0 saturated carbocycles. The lowest BCUT2D eigenvalue weighted by atomic mass is 9.95. The molecule has 2 heterocycles. The van der Waals surface area contributed by atoms with Crippen molar-refractivity contribution in [3.8, 4) is 5.75 Å². The number of carbonyl (C=O) groups is 2. The average molecular weight is 522 g/mol. The molecule has 1 amide bonds. The average Bonchev–Trinajstić information content (AvgIpc) is 3.45. The first-order chi connectivity index (χ1) is 16.5. The van der Waals surface area contributed by atoms with Crippen LogP contribution in [-0.2, 0) is 16.1 Å². The molecule has 1 aromatic heterocycles. The standard InChI is InChI=1S/C26H24BrN3O4/c1-2-15-34-21-9-7-18(8-10-21)24(31)22-23(19-5-3-6-20(27)16-19)30(26(33)25(22)32)13-4-12-29-14-11-28-17-29/h2-3,5-11,14,16-17,23,31H,1,4,12-13,15H2/b24-22+/t23-/m1/s1. The summed E-state index contributed by atoms with van der Waals surface area (Å²) >= 11 is 3.47. The number of hydrogen-bond acceptors (Lipinski definition) is 5. The van der Waals surface area contributed by atoms with Gasteiger partial charge in [0.1, 0.15) is 18.1 Å². The van der Waals surface area contributed by atoms with Gasteiger partial charge in [-0.15, -0.1) is 0 Å². The molecule has 8 heteroatoms. The van der Waals surface area contributed by atoms with Gasteiger partial charge in [-0.2, -0.15) is 0 Å². The summed E-state index contributed by atoms with van der Waals surface area (Å²) in [5.41, 5.74) is 1.25. The van der Waals surface area contributed by atoms with Gasteiger partial charge in [-0.1, -0.05) is 40.7 Å². The van der Waals surface area contributed by atoms with Crippen molar-refractivity contribution in [2.75, 3.05) is 13.2 Å². The highest BCUT2D eigenvalue weighted by Gasteiger charge is 2.45. The Bertz CT molecular complexity index is 1220. The van der Waals surface area contributed by atoms with Gasteiger partial charge in [-0.05, 0) is 48.4 Å². The number of aromatic nitrogens is 2. The van der Waals surface area contributed by atoms with E-state index in [-0.39, 0.29) is 11.3 Å². The maximum absolute atomic E-state index is 13.1. The molecule has 1 aliphatic rings. The lowest BCUT2D eigenvalue weighted by molar-refractivity contribution is -0.139. The third-order valence-corrected chi connectivity index (χ3v) is 6.07. The van der Waals surface area contributed by atoms with Gasteiger partial charge in [-0.3, -0.25) is 9.59 Å². The Kier molecular flexibility index (Phi) is 7.27. The van der Waals surface area contributed by atoms with E-state index in [1.165, 1.54) is 4.90 Å². The predicted molar refractivity (Wildman–Crippen MR) is 132 cm³/mol. The van der Waals surface area contributed by atoms with Crippen LogP contribution in [0.5, 0.6) is 5.75 Å². The summed E-state index contributed by atoms with van der Waals surface area (Å²) in [6, 6.07) is 13.5. The van der Waals surface area contributed by atoms with E-state index in [9.17, 15) is 14.7 Å². The van der Waals surface area contributed by atoms with Crippen molar-refractivity contribution in [1.29, 1.82) is 0 Å². The van der Waals surface area contributed by atoms with Gasteiger partial charge >= 0.3 is 0 Å². The zero-order valence-corrected chi connectivity index (χ0v) is 20.0. The molecule has 0 bridgehead atoms. The number of Topliss-reactive ketones (excluding diaryl/α,β-unsaturated/α-hetero) is 1. The van der Waals surface area contributed by atoms with Crippen LogP contribution in [0.25, 0.3) is 5.76 Å². The molecule has 1 aliphatic heterocycles. The van der Waals surface area contributed by atoms with Crippen molar-refractivity contribution in [2.45, 2.75) is 19.0 Å². The van der Waals surface area contributed by atoms with E-state index in [4.69, 9.17) is 4.74 Å². The van der Waals surface area contributed by atoms with E-state index in [1.54, 1.807) is 42.9 Å². The number of hydrogen-bond donors (Lipinski definition) is 1. The first kappa shape index (κ1) is 23.5. The summed E-state index contributed by atoms with van der Waals surface area (Å²) in [4.78, 5) is 31.8. The Morgan fingerprint density at radius 1 is 1.18 bits per heavy atom. The SMILES string of the molecule is C=CCOc1ccc(/C(O)=C2\C(=O)C(=O)N(CCCn3ccnc3)[C@@H]2c2cccc(Br)c2)cc1. The first-order valence-corrected chi connectivity index (χ1v) is 11.6. The number of halogens is 1. The normalized spacial score (nSPS) is 17.2. The van der Waals surface area contributed by atoms with Gasteiger partial charge in [0.05, 0.1) is 17.9 Å². The number of aliphatic hydroxyl groups excluding tert-OH is 1. The molecule has 34 heavy (non-hydrogen) atoms. The Morgan fingerprint density at radius 2 is 1.97 bits per heavy atom. The molecule has 1 atom stereocenters. The van der Waals surface area contributed by atoms with E-state index >= 15 is 0 Å². The van der Waals surface area contributed by atoms with E-state index in [0.717, 1.165) is 10.0 Å². The highest BCUT2D eigenvalue weighted by molar-refractivity contribution is 9.10. The third kappa shape index (κ3) is 4.97. The Balaban J connectivity index is 1.69. The second-order valence-corrected chi connectivity index (χ2v) is 8.74. The largest absolute Gasteiger partial charge is 0.507 e. The minimum absolute atomic E-state index is 0.0745. The smallest absolute Gasteiger partial charge is 0.295 e. The minimum atomic E-state index is -0.697. The van der Waals surface area contributed by atoms with Crippen molar-refractivity contribution in [2.24, 2.45) is 0 Å². The molecule has 3 aromatic rings. The number of likely N-dealkylation sites (tertiary alicyclic amines) is 1. The van der Waals surface area contributed by atoms with Crippen LogP contribution in [0.4, 0.5) is 0 Å². The van der Waals surface area contributed by atoms with Crippen molar-refractivity contribution in [3.63, 3.8) is 0 Å². The summed E-state index contributed by atoms with van der Waals surface area (Å²) in [6.45, 7) is 4.99. The first-order valence-electron chi connectivity index (χ1n) is 10.8. The van der Waals surface area contributed by atoms with Gasteiger partial charge in [0.25, 0.3) is 11.7 Å². The molecular weight excluding hydrogens is 498 g/mol. The number of ketones is 1. The second-order valence-electron chi connectivity index (χ2n) is 7.83. The highest BCUT2D eigenvalue weighted by atomic mass is 79.9. The van der Waals surface area contributed by atoms with E-state index in [0.29, 0.717) is 37.4 Å². The second kappa shape index (κ2) is 10.5. The van der Waals surface area contributed by atoms with Gasteiger partial charge in [0.2, 0.25) is 0 Å². The Hall–Kier alpha value is -3.65. The minimum Gasteiger partial charge on any atom is -0.507 e. The van der Waals surface area contributed by atoms with E-state index in [1.807, 2.05) is 35.0 Å². The van der Waals surface area contributed by atoms with E-state index < -0.39 is 17.7 Å². The van der Waals surface area contributed by atoms with Crippen LogP contribution in [0.3, 0.4) is 0 Å². The summed E-state index contributed by atoms with van der Waals surface area (Å²) in [6.07, 6.45) is 7.52. The number of rotatable bonds is 9. The van der Waals surface area contributed by atoms with Crippen LogP contribution < -0.4 is 4.74 Å². The number of nitrogens with zero attached hydrogens (tertiary/aromatic N) is 3. The van der Waals surface area contributed by atoms with Gasteiger partial charge in [0.15, 0.2) is 0 Å². The molecule has 0 unspecified atom stereocenters. The fourth-order valence-corrected chi connectivity index (χ4v) is 4.41. The predicted octanol–water partition coefficient (Wildman–Crippen LogP) is 4.72. The number of imidazole rings is 1.